The molecule has 0 spiro atoms. The number of benzene rings is 1. The SMILES string of the molecule is CCCN(CCC(=O)OC)C(=O)Nc1ccc(Cl)cc1. The van der Waals surface area contributed by atoms with Gasteiger partial charge in [-0.05, 0) is 30.7 Å². The van der Waals surface area contributed by atoms with E-state index >= 15 is 0 Å². The van der Waals surface area contributed by atoms with Crippen LogP contribution in [0.1, 0.15) is 19.8 Å². The van der Waals surface area contributed by atoms with E-state index in [0.29, 0.717) is 23.8 Å². The molecule has 0 aliphatic heterocycles. The highest BCUT2D eigenvalue weighted by molar-refractivity contribution is 6.30. The summed E-state index contributed by atoms with van der Waals surface area (Å²) in [6, 6.07) is 6.62. The Labute approximate surface area is 123 Å². The van der Waals surface area contributed by atoms with E-state index in [4.69, 9.17) is 11.6 Å². The Morgan fingerprint density at radius 3 is 2.45 bits per heavy atom. The number of hydrogen-bond acceptors (Lipinski definition) is 3. The van der Waals surface area contributed by atoms with E-state index in [2.05, 4.69) is 10.1 Å². The van der Waals surface area contributed by atoms with Gasteiger partial charge in [-0.15, -0.1) is 0 Å². The van der Waals surface area contributed by atoms with Crippen LogP contribution in [0.15, 0.2) is 24.3 Å². The standard InChI is InChI=1S/C14H19ClN2O3/c1-3-9-17(10-8-13(18)20-2)14(19)16-12-6-4-11(15)5-7-12/h4-7H,3,8-10H2,1-2H3,(H,16,19). The summed E-state index contributed by atoms with van der Waals surface area (Å²) in [5, 5.41) is 3.38. The molecule has 5 nitrogen and oxygen atoms in total. The fourth-order valence-corrected chi connectivity index (χ4v) is 1.77. The monoisotopic (exact) mass is 298 g/mol. The molecule has 110 valence electrons. The number of amides is 2. The van der Waals surface area contributed by atoms with Gasteiger partial charge in [0.15, 0.2) is 0 Å². The molecular weight excluding hydrogens is 280 g/mol. The van der Waals surface area contributed by atoms with Gasteiger partial charge in [0.05, 0.1) is 13.5 Å². The lowest BCUT2D eigenvalue weighted by atomic mass is 10.3. The predicted molar refractivity (Wildman–Crippen MR) is 79.0 cm³/mol. The fourth-order valence-electron chi connectivity index (χ4n) is 1.65. The molecule has 1 N–H and O–H groups in total. The number of hydrogen-bond donors (Lipinski definition) is 1. The molecule has 2 amide bonds. The second-order valence-electron chi connectivity index (χ2n) is 4.25. The summed E-state index contributed by atoms with van der Waals surface area (Å²) in [4.78, 5) is 24.9. The minimum absolute atomic E-state index is 0.185. The number of methoxy groups -OCH3 is 1. The van der Waals surface area contributed by atoms with Gasteiger partial charge in [0.1, 0.15) is 0 Å². The molecule has 0 saturated carbocycles. The number of rotatable bonds is 6. The smallest absolute Gasteiger partial charge is 0.321 e. The van der Waals surface area contributed by atoms with E-state index in [0.717, 1.165) is 6.42 Å². The Morgan fingerprint density at radius 2 is 1.90 bits per heavy atom. The average Bonchev–Trinajstić information content (AvgIpc) is 2.45. The minimum atomic E-state index is -0.328. The van der Waals surface area contributed by atoms with Crippen LogP contribution in [0.3, 0.4) is 0 Å². The third-order valence-corrected chi connectivity index (χ3v) is 2.94. The lowest BCUT2D eigenvalue weighted by Crippen LogP contribution is -2.37. The van der Waals surface area contributed by atoms with Crippen LogP contribution >= 0.6 is 11.6 Å². The van der Waals surface area contributed by atoms with Crippen molar-refractivity contribution >= 4 is 29.3 Å². The minimum Gasteiger partial charge on any atom is -0.469 e. The zero-order chi connectivity index (χ0) is 15.0. The van der Waals surface area contributed by atoms with E-state index in [1.165, 1.54) is 7.11 Å². The molecule has 0 aliphatic rings. The van der Waals surface area contributed by atoms with Crippen LogP contribution in [0.4, 0.5) is 10.5 Å². The van der Waals surface area contributed by atoms with E-state index in [-0.39, 0.29) is 18.4 Å². The molecule has 0 atom stereocenters. The van der Waals surface area contributed by atoms with Crippen LogP contribution in [-0.2, 0) is 9.53 Å². The van der Waals surface area contributed by atoms with Crippen molar-refractivity contribution < 1.29 is 14.3 Å². The number of halogens is 1. The molecule has 0 heterocycles. The van der Waals surface area contributed by atoms with Gasteiger partial charge in [-0.1, -0.05) is 18.5 Å². The van der Waals surface area contributed by atoms with Crippen LogP contribution in [0.5, 0.6) is 0 Å². The molecule has 1 aromatic rings. The number of ether oxygens (including phenoxy) is 1. The summed E-state index contributed by atoms with van der Waals surface area (Å²) in [6.45, 7) is 2.89. The fraction of sp³-hybridized carbons (Fsp3) is 0.429. The second kappa shape index (κ2) is 8.43. The van der Waals surface area contributed by atoms with Crippen molar-refractivity contribution in [1.29, 1.82) is 0 Å². The van der Waals surface area contributed by atoms with Gasteiger partial charge in [0.25, 0.3) is 0 Å². The number of nitrogens with one attached hydrogen (secondary N) is 1. The number of anilines is 1. The van der Waals surface area contributed by atoms with Gasteiger partial charge < -0.3 is 15.0 Å². The van der Waals surface area contributed by atoms with Gasteiger partial charge in [-0.25, -0.2) is 4.79 Å². The first-order valence-electron chi connectivity index (χ1n) is 6.45. The topological polar surface area (TPSA) is 58.6 Å². The van der Waals surface area contributed by atoms with E-state index in [1.807, 2.05) is 6.92 Å². The molecule has 1 rings (SSSR count). The van der Waals surface area contributed by atoms with Crippen LogP contribution in [0, 0.1) is 0 Å². The summed E-state index contributed by atoms with van der Waals surface area (Å²) in [7, 11) is 1.33. The van der Waals surface area contributed by atoms with Gasteiger partial charge in [-0.2, -0.15) is 0 Å². The van der Waals surface area contributed by atoms with E-state index in [1.54, 1.807) is 29.2 Å². The summed E-state index contributed by atoms with van der Waals surface area (Å²) in [6.07, 6.45) is 1.000. The lowest BCUT2D eigenvalue weighted by Gasteiger charge is -2.22. The Morgan fingerprint density at radius 1 is 1.25 bits per heavy atom. The number of urea groups is 1. The van der Waals surface area contributed by atoms with Crippen LogP contribution in [-0.4, -0.2) is 37.1 Å². The van der Waals surface area contributed by atoms with Crippen molar-refractivity contribution in [3.05, 3.63) is 29.3 Å². The molecule has 20 heavy (non-hydrogen) atoms. The lowest BCUT2D eigenvalue weighted by molar-refractivity contribution is -0.140. The highest BCUT2D eigenvalue weighted by Gasteiger charge is 2.14. The molecule has 0 aromatic heterocycles. The number of nitrogens with zero attached hydrogens (tertiary/aromatic N) is 1. The van der Waals surface area contributed by atoms with E-state index < -0.39 is 0 Å². The molecular formula is C14H19ClN2O3. The summed E-state index contributed by atoms with van der Waals surface area (Å²) < 4.78 is 4.58. The van der Waals surface area contributed by atoms with Gasteiger partial charge >= 0.3 is 12.0 Å². The molecule has 0 bridgehead atoms. The third-order valence-electron chi connectivity index (χ3n) is 2.69. The molecule has 1 aromatic carbocycles. The number of carbonyl (C=O) groups excluding carboxylic acids is 2. The normalized spacial score (nSPS) is 9.95. The molecule has 0 unspecified atom stereocenters. The Hall–Kier alpha value is -1.75. The zero-order valence-corrected chi connectivity index (χ0v) is 12.4. The molecule has 0 aliphatic carbocycles. The highest BCUT2D eigenvalue weighted by atomic mass is 35.5. The Bertz CT molecular complexity index is 448. The second-order valence-corrected chi connectivity index (χ2v) is 4.69. The molecule has 0 saturated heterocycles. The number of esters is 1. The van der Waals surface area contributed by atoms with Gasteiger partial charge in [0, 0.05) is 23.8 Å². The quantitative estimate of drug-likeness (QED) is 0.821. The van der Waals surface area contributed by atoms with E-state index in [9.17, 15) is 9.59 Å². The third kappa shape index (κ3) is 5.48. The Kier molecular flexibility index (Phi) is 6.87. The van der Waals surface area contributed by atoms with Crippen molar-refractivity contribution in [1.82, 2.24) is 4.90 Å². The van der Waals surface area contributed by atoms with Crippen molar-refractivity contribution in [2.24, 2.45) is 0 Å². The Balaban J connectivity index is 2.58. The maximum absolute atomic E-state index is 12.1. The van der Waals surface area contributed by atoms with Crippen molar-refractivity contribution in [2.75, 3.05) is 25.5 Å². The highest BCUT2D eigenvalue weighted by Crippen LogP contribution is 2.14. The van der Waals surface area contributed by atoms with Crippen molar-refractivity contribution in [2.45, 2.75) is 19.8 Å². The largest absolute Gasteiger partial charge is 0.469 e. The summed E-state index contributed by atoms with van der Waals surface area (Å²) in [5.41, 5.74) is 0.665. The number of carbonyl (C=O) groups is 2. The van der Waals surface area contributed by atoms with Crippen molar-refractivity contribution in [3.63, 3.8) is 0 Å². The maximum Gasteiger partial charge on any atom is 0.321 e. The average molecular weight is 299 g/mol. The summed E-state index contributed by atoms with van der Waals surface area (Å²) in [5.74, 6) is -0.328. The van der Waals surface area contributed by atoms with Crippen LogP contribution in [0.2, 0.25) is 5.02 Å². The van der Waals surface area contributed by atoms with Crippen molar-refractivity contribution in [3.8, 4) is 0 Å². The first-order valence-corrected chi connectivity index (χ1v) is 6.83. The maximum atomic E-state index is 12.1. The van der Waals surface area contributed by atoms with Crippen LogP contribution < -0.4 is 5.32 Å². The summed E-state index contributed by atoms with van der Waals surface area (Å²) >= 11 is 5.79. The van der Waals surface area contributed by atoms with Gasteiger partial charge in [0.2, 0.25) is 0 Å². The molecule has 0 radical (unpaired) electrons. The first-order chi connectivity index (χ1) is 9.56. The van der Waals surface area contributed by atoms with Gasteiger partial charge in [-0.3, -0.25) is 4.79 Å². The predicted octanol–water partition coefficient (Wildman–Crippen LogP) is 3.15. The molecule has 6 heteroatoms. The first kappa shape index (κ1) is 16.3. The molecule has 0 fully saturated rings. The zero-order valence-electron chi connectivity index (χ0n) is 11.7. The van der Waals surface area contributed by atoms with Crippen LogP contribution in [0.25, 0.3) is 0 Å².